The summed E-state index contributed by atoms with van der Waals surface area (Å²) in [6.07, 6.45) is 1.60. The van der Waals surface area contributed by atoms with Crippen LogP contribution in [0.25, 0.3) is 0 Å². The van der Waals surface area contributed by atoms with Crippen LogP contribution in [0, 0.1) is 11.3 Å². The van der Waals surface area contributed by atoms with Gasteiger partial charge in [0.15, 0.2) is 0 Å². The van der Waals surface area contributed by atoms with Crippen molar-refractivity contribution in [3.63, 3.8) is 0 Å². The van der Waals surface area contributed by atoms with Gasteiger partial charge in [-0.05, 0) is 24.1 Å². The summed E-state index contributed by atoms with van der Waals surface area (Å²) in [5.41, 5.74) is 2.18. The van der Waals surface area contributed by atoms with Crippen molar-refractivity contribution in [2.24, 2.45) is 0 Å². The van der Waals surface area contributed by atoms with Gasteiger partial charge in [-0.15, -0.1) is 0 Å². The lowest BCUT2D eigenvalue weighted by molar-refractivity contribution is 0.979. The zero-order valence-corrected chi connectivity index (χ0v) is 7.88. The number of nitrogens with one attached hydrogen (secondary N) is 1. The maximum Gasteiger partial charge on any atom is 0.0669 e. The Morgan fingerprint density at radius 1 is 1.46 bits per heavy atom. The Morgan fingerprint density at radius 2 is 2.31 bits per heavy atom. The molecule has 0 unspecified atom stereocenters. The minimum Gasteiger partial charge on any atom is -0.385 e. The highest BCUT2D eigenvalue weighted by Crippen LogP contribution is 2.10. The normalized spacial score (nSPS) is 9.23. The van der Waals surface area contributed by atoms with E-state index in [4.69, 9.17) is 5.26 Å². The van der Waals surface area contributed by atoms with Crippen molar-refractivity contribution in [1.29, 1.82) is 5.26 Å². The molecule has 0 aliphatic carbocycles. The molecule has 0 spiro atoms. The first-order valence-electron chi connectivity index (χ1n) is 4.56. The fourth-order valence-electron chi connectivity index (χ4n) is 1.15. The van der Waals surface area contributed by atoms with Crippen LogP contribution in [-0.2, 0) is 6.42 Å². The van der Waals surface area contributed by atoms with Crippen molar-refractivity contribution in [2.45, 2.75) is 19.8 Å². The zero-order valence-electron chi connectivity index (χ0n) is 7.88. The number of rotatable bonds is 4. The summed E-state index contributed by atoms with van der Waals surface area (Å²) in [7, 11) is 0. The van der Waals surface area contributed by atoms with Gasteiger partial charge in [-0.2, -0.15) is 5.26 Å². The number of nitriles is 1. The van der Waals surface area contributed by atoms with Crippen LogP contribution in [0.1, 0.15) is 18.9 Å². The van der Waals surface area contributed by atoms with Crippen LogP contribution in [0.2, 0.25) is 0 Å². The first kappa shape index (κ1) is 9.60. The lowest BCUT2D eigenvalue weighted by Crippen LogP contribution is -1.99. The standard InChI is InChI=1S/C11H14N2/c1-2-8-13-11-5-3-4-10(9-11)6-7-12/h3-5,9,13H,2,6,8H2,1H3. The van der Waals surface area contributed by atoms with E-state index in [1.165, 1.54) is 0 Å². The second-order valence-electron chi connectivity index (χ2n) is 2.96. The average molecular weight is 174 g/mol. The highest BCUT2D eigenvalue weighted by molar-refractivity contribution is 5.46. The van der Waals surface area contributed by atoms with E-state index in [-0.39, 0.29) is 0 Å². The van der Waals surface area contributed by atoms with E-state index in [2.05, 4.69) is 18.3 Å². The van der Waals surface area contributed by atoms with Crippen molar-refractivity contribution in [3.8, 4) is 6.07 Å². The van der Waals surface area contributed by atoms with Gasteiger partial charge in [-0.25, -0.2) is 0 Å². The molecule has 1 aromatic rings. The lowest BCUT2D eigenvalue weighted by Gasteiger charge is -2.04. The van der Waals surface area contributed by atoms with Crippen molar-refractivity contribution in [1.82, 2.24) is 0 Å². The molecule has 1 aromatic carbocycles. The first-order chi connectivity index (χ1) is 6.36. The molecular formula is C11H14N2. The molecule has 0 saturated carbocycles. The number of hydrogen-bond acceptors (Lipinski definition) is 2. The minimum absolute atomic E-state index is 0.488. The molecule has 1 rings (SSSR count). The summed E-state index contributed by atoms with van der Waals surface area (Å²) in [4.78, 5) is 0. The molecule has 0 aliphatic rings. The van der Waals surface area contributed by atoms with Gasteiger partial charge in [0.25, 0.3) is 0 Å². The highest BCUT2D eigenvalue weighted by atomic mass is 14.9. The van der Waals surface area contributed by atoms with E-state index in [9.17, 15) is 0 Å². The number of anilines is 1. The third kappa shape index (κ3) is 3.16. The second-order valence-corrected chi connectivity index (χ2v) is 2.96. The maximum absolute atomic E-state index is 8.52. The molecule has 2 nitrogen and oxygen atoms in total. The van der Waals surface area contributed by atoms with E-state index in [1.54, 1.807) is 0 Å². The van der Waals surface area contributed by atoms with Crippen LogP contribution >= 0.6 is 0 Å². The molecule has 0 radical (unpaired) electrons. The fraction of sp³-hybridized carbons (Fsp3) is 0.364. The Hall–Kier alpha value is -1.49. The molecule has 0 amide bonds. The Labute approximate surface area is 79.2 Å². The van der Waals surface area contributed by atoms with Gasteiger partial charge in [0.1, 0.15) is 0 Å². The van der Waals surface area contributed by atoms with Gasteiger partial charge >= 0.3 is 0 Å². The predicted molar refractivity (Wildman–Crippen MR) is 54.5 cm³/mol. The molecule has 0 heterocycles. The molecular weight excluding hydrogens is 160 g/mol. The number of benzene rings is 1. The zero-order chi connectivity index (χ0) is 9.52. The third-order valence-corrected chi connectivity index (χ3v) is 1.79. The molecule has 68 valence electrons. The van der Waals surface area contributed by atoms with Gasteiger partial charge in [0.05, 0.1) is 12.5 Å². The fourth-order valence-corrected chi connectivity index (χ4v) is 1.15. The molecule has 0 fully saturated rings. The van der Waals surface area contributed by atoms with E-state index in [0.29, 0.717) is 6.42 Å². The first-order valence-corrected chi connectivity index (χ1v) is 4.56. The largest absolute Gasteiger partial charge is 0.385 e. The molecule has 13 heavy (non-hydrogen) atoms. The smallest absolute Gasteiger partial charge is 0.0669 e. The van der Waals surface area contributed by atoms with Crippen LogP contribution in [-0.4, -0.2) is 6.54 Å². The summed E-state index contributed by atoms with van der Waals surface area (Å²) < 4.78 is 0. The van der Waals surface area contributed by atoms with Crippen LogP contribution in [0.5, 0.6) is 0 Å². The van der Waals surface area contributed by atoms with E-state index in [0.717, 1.165) is 24.2 Å². The van der Waals surface area contributed by atoms with E-state index < -0.39 is 0 Å². The quantitative estimate of drug-likeness (QED) is 0.761. The Bertz CT molecular complexity index is 299. The summed E-state index contributed by atoms with van der Waals surface area (Å²) in [6, 6.07) is 10.1. The molecule has 0 aliphatic heterocycles. The number of nitrogens with zero attached hydrogens (tertiary/aromatic N) is 1. The van der Waals surface area contributed by atoms with Crippen LogP contribution in [0.4, 0.5) is 5.69 Å². The van der Waals surface area contributed by atoms with Crippen LogP contribution in [0.15, 0.2) is 24.3 Å². The second kappa shape index (κ2) is 5.21. The molecule has 0 saturated heterocycles. The van der Waals surface area contributed by atoms with E-state index >= 15 is 0 Å². The average Bonchev–Trinajstić information content (AvgIpc) is 2.16. The molecule has 0 bridgehead atoms. The lowest BCUT2D eigenvalue weighted by atomic mass is 10.1. The van der Waals surface area contributed by atoms with E-state index in [1.807, 2.05) is 24.3 Å². The summed E-state index contributed by atoms with van der Waals surface area (Å²) in [6.45, 7) is 3.11. The minimum atomic E-state index is 0.488. The predicted octanol–water partition coefficient (Wildman–Crippen LogP) is 2.57. The Kier molecular flexibility index (Phi) is 3.84. The van der Waals surface area contributed by atoms with Crippen molar-refractivity contribution in [2.75, 3.05) is 11.9 Å². The monoisotopic (exact) mass is 174 g/mol. The summed E-state index contributed by atoms with van der Waals surface area (Å²) in [5.74, 6) is 0. The maximum atomic E-state index is 8.52. The van der Waals surface area contributed by atoms with Gasteiger partial charge in [-0.3, -0.25) is 0 Å². The Morgan fingerprint density at radius 3 is 3.00 bits per heavy atom. The summed E-state index contributed by atoms with van der Waals surface area (Å²) >= 11 is 0. The molecule has 0 atom stereocenters. The van der Waals surface area contributed by atoms with Crippen LogP contribution < -0.4 is 5.32 Å². The summed E-state index contributed by atoms with van der Waals surface area (Å²) in [5, 5.41) is 11.8. The highest BCUT2D eigenvalue weighted by Gasteiger charge is 1.93. The van der Waals surface area contributed by atoms with Gasteiger partial charge in [-0.1, -0.05) is 19.1 Å². The molecule has 0 aromatic heterocycles. The SMILES string of the molecule is CCCNc1cccc(CC#N)c1. The topological polar surface area (TPSA) is 35.8 Å². The van der Waals surface area contributed by atoms with Crippen molar-refractivity contribution >= 4 is 5.69 Å². The molecule has 2 heteroatoms. The van der Waals surface area contributed by atoms with Gasteiger partial charge < -0.3 is 5.32 Å². The van der Waals surface area contributed by atoms with Crippen molar-refractivity contribution in [3.05, 3.63) is 29.8 Å². The third-order valence-electron chi connectivity index (χ3n) is 1.79. The van der Waals surface area contributed by atoms with Crippen molar-refractivity contribution < 1.29 is 0 Å². The van der Waals surface area contributed by atoms with Gasteiger partial charge in [0.2, 0.25) is 0 Å². The van der Waals surface area contributed by atoms with Crippen LogP contribution in [0.3, 0.4) is 0 Å². The van der Waals surface area contributed by atoms with Gasteiger partial charge in [0, 0.05) is 12.2 Å². The molecule has 1 N–H and O–H groups in total. The number of hydrogen-bond donors (Lipinski definition) is 1. The Balaban J connectivity index is 2.63.